The van der Waals surface area contributed by atoms with Crippen LogP contribution in [0.15, 0.2) is 34.1 Å². The topological polar surface area (TPSA) is 164 Å². The van der Waals surface area contributed by atoms with Gasteiger partial charge >= 0.3 is 5.97 Å². The Labute approximate surface area is 121 Å². The summed E-state index contributed by atoms with van der Waals surface area (Å²) < 4.78 is 48.2. The highest BCUT2D eigenvalue weighted by atomic mass is 32.2. The summed E-state index contributed by atoms with van der Waals surface area (Å²) in [6.07, 6.45) is -0.330. The number of sulfonamides is 2. The molecule has 11 heteroatoms. The lowest BCUT2D eigenvalue weighted by atomic mass is 10.2. The number of primary sulfonamides is 1. The zero-order valence-electron chi connectivity index (χ0n) is 10.6. The van der Waals surface area contributed by atoms with Crippen LogP contribution in [0, 0.1) is 0 Å². The highest BCUT2D eigenvalue weighted by molar-refractivity contribution is 7.90. The number of nitrogens with one attached hydrogen (secondary N) is 1. The molecule has 0 aliphatic heterocycles. The van der Waals surface area contributed by atoms with Gasteiger partial charge in [0.15, 0.2) is 0 Å². The largest absolute Gasteiger partial charge is 0.480 e. The van der Waals surface area contributed by atoms with Crippen molar-refractivity contribution < 1.29 is 31.8 Å². The number of hydrogen-bond donors (Lipinski definition) is 4. The second kappa shape index (κ2) is 6.49. The van der Waals surface area contributed by atoms with Crippen molar-refractivity contribution in [1.82, 2.24) is 4.72 Å². The van der Waals surface area contributed by atoms with Crippen molar-refractivity contribution in [2.45, 2.75) is 22.3 Å². The molecular weight excluding hydrogens is 324 g/mol. The molecule has 0 spiro atoms. The van der Waals surface area contributed by atoms with E-state index in [0.717, 1.165) is 24.3 Å². The molecule has 0 saturated heterocycles. The Morgan fingerprint density at radius 1 is 1.24 bits per heavy atom. The van der Waals surface area contributed by atoms with Gasteiger partial charge in [-0.25, -0.2) is 22.0 Å². The quantitative estimate of drug-likeness (QED) is 0.467. The van der Waals surface area contributed by atoms with Crippen LogP contribution in [0.5, 0.6) is 0 Å². The average Bonchev–Trinajstić information content (AvgIpc) is 2.37. The number of aliphatic carboxylic acids is 1. The van der Waals surface area contributed by atoms with E-state index in [9.17, 15) is 21.6 Å². The second-order valence-corrected chi connectivity index (χ2v) is 7.32. The van der Waals surface area contributed by atoms with Gasteiger partial charge in [0.1, 0.15) is 6.04 Å². The number of carboxylic acids is 1. The summed E-state index contributed by atoms with van der Waals surface area (Å²) in [4.78, 5) is 10.0. The minimum absolute atomic E-state index is 0.330. The Hall–Kier alpha value is -1.53. The molecule has 118 valence electrons. The molecule has 0 radical (unpaired) electrons. The van der Waals surface area contributed by atoms with Gasteiger partial charge in [0.2, 0.25) is 20.0 Å². The molecule has 1 unspecified atom stereocenters. The van der Waals surface area contributed by atoms with Gasteiger partial charge in [0.05, 0.1) is 9.79 Å². The molecule has 1 aromatic carbocycles. The first-order valence-corrected chi connectivity index (χ1v) is 8.60. The lowest BCUT2D eigenvalue weighted by Gasteiger charge is -2.14. The van der Waals surface area contributed by atoms with Crippen molar-refractivity contribution >= 4 is 26.0 Å². The van der Waals surface area contributed by atoms with Gasteiger partial charge in [-0.05, 0) is 24.6 Å². The number of benzene rings is 1. The molecule has 0 aliphatic carbocycles. The summed E-state index contributed by atoms with van der Waals surface area (Å²) >= 11 is 0. The molecule has 0 heterocycles. The van der Waals surface area contributed by atoms with Crippen LogP contribution in [0.1, 0.15) is 6.42 Å². The molecule has 21 heavy (non-hydrogen) atoms. The molecule has 0 amide bonds. The molecule has 0 fully saturated rings. The standard InChI is InChI=1S/C10H14N2O7S2/c11-20(16,17)7-2-1-3-8(6-7)21(18,19)12-9(4-5-13)10(14)15/h1-3,6,9,12-13H,4-5H2,(H,14,15)(H2,11,16,17). The van der Waals surface area contributed by atoms with Crippen LogP contribution in [0.3, 0.4) is 0 Å². The van der Waals surface area contributed by atoms with E-state index in [1.54, 1.807) is 0 Å². The number of aliphatic hydroxyl groups is 1. The number of hydrogen-bond acceptors (Lipinski definition) is 6. The summed E-state index contributed by atoms with van der Waals surface area (Å²) in [5, 5.41) is 22.5. The molecule has 1 rings (SSSR count). The third-order valence-corrected chi connectivity index (χ3v) is 4.84. The van der Waals surface area contributed by atoms with Crippen LogP contribution in [-0.4, -0.2) is 45.7 Å². The lowest BCUT2D eigenvalue weighted by molar-refractivity contribution is -0.139. The number of carbonyl (C=O) groups is 1. The number of aliphatic hydroxyl groups excluding tert-OH is 1. The first-order chi connectivity index (χ1) is 9.58. The van der Waals surface area contributed by atoms with Gasteiger partial charge in [0.25, 0.3) is 0 Å². The van der Waals surface area contributed by atoms with E-state index in [1.165, 1.54) is 0 Å². The Morgan fingerprint density at radius 2 is 1.81 bits per heavy atom. The molecule has 0 bridgehead atoms. The average molecular weight is 338 g/mol. The van der Waals surface area contributed by atoms with Gasteiger partial charge in [-0.3, -0.25) is 4.79 Å². The third kappa shape index (κ3) is 4.75. The van der Waals surface area contributed by atoms with Gasteiger partial charge in [0, 0.05) is 6.61 Å². The van der Waals surface area contributed by atoms with E-state index < -0.39 is 48.5 Å². The third-order valence-electron chi connectivity index (χ3n) is 2.46. The van der Waals surface area contributed by atoms with Crippen LogP contribution in [0.25, 0.3) is 0 Å². The zero-order chi connectivity index (χ0) is 16.3. The SMILES string of the molecule is NS(=O)(=O)c1cccc(S(=O)(=O)NC(CCO)C(=O)O)c1. The fourth-order valence-electron chi connectivity index (χ4n) is 1.44. The Bertz CT molecular complexity index is 728. The summed E-state index contributed by atoms with van der Waals surface area (Å²) in [5.74, 6) is -1.46. The number of nitrogens with two attached hydrogens (primary N) is 1. The molecule has 5 N–H and O–H groups in total. The summed E-state index contributed by atoms with van der Waals surface area (Å²) in [7, 11) is -8.36. The highest BCUT2D eigenvalue weighted by Crippen LogP contribution is 2.15. The van der Waals surface area contributed by atoms with E-state index in [-0.39, 0.29) is 6.42 Å². The molecule has 1 atom stereocenters. The van der Waals surface area contributed by atoms with Crippen molar-refractivity contribution in [1.29, 1.82) is 0 Å². The lowest BCUT2D eigenvalue weighted by Crippen LogP contribution is -2.41. The van der Waals surface area contributed by atoms with Crippen molar-refractivity contribution in [3.8, 4) is 0 Å². The van der Waals surface area contributed by atoms with E-state index in [4.69, 9.17) is 15.4 Å². The summed E-state index contributed by atoms with van der Waals surface area (Å²) in [6.45, 7) is -0.531. The fraction of sp³-hybridized carbons (Fsp3) is 0.300. The number of rotatable bonds is 7. The minimum Gasteiger partial charge on any atom is -0.480 e. The van der Waals surface area contributed by atoms with Crippen molar-refractivity contribution in [3.63, 3.8) is 0 Å². The molecule has 0 aromatic heterocycles. The van der Waals surface area contributed by atoms with Gasteiger partial charge in [-0.1, -0.05) is 6.07 Å². The van der Waals surface area contributed by atoms with Crippen molar-refractivity contribution in [3.05, 3.63) is 24.3 Å². The van der Waals surface area contributed by atoms with E-state index in [2.05, 4.69) is 0 Å². The molecule has 1 aromatic rings. The Kier molecular flexibility index (Phi) is 5.42. The minimum atomic E-state index is -4.27. The van der Waals surface area contributed by atoms with Gasteiger partial charge in [-0.15, -0.1) is 0 Å². The van der Waals surface area contributed by atoms with Gasteiger partial charge < -0.3 is 10.2 Å². The molecule has 9 nitrogen and oxygen atoms in total. The van der Waals surface area contributed by atoms with Crippen LogP contribution in [-0.2, 0) is 24.8 Å². The van der Waals surface area contributed by atoms with Crippen LogP contribution in [0.2, 0.25) is 0 Å². The molecular formula is C10H14N2O7S2. The van der Waals surface area contributed by atoms with Gasteiger partial charge in [-0.2, -0.15) is 4.72 Å². The first-order valence-electron chi connectivity index (χ1n) is 5.57. The normalized spacial score (nSPS) is 13.8. The maximum atomic E-state index is 12.0. The van der Waals surface area contributed by atoms with Crippen LogP contribution < -0.4 is 9.86 Å². The van der Waals surface area contributed by atoms with Crippen molar-refractivity contribution in [2.24, 2.45) is 5.14 Å². The maximum Gasteiger partial charge on any atom is 0.321 e. The summed E-state index contributed by atoms with van der Waals surface area (Å²) in [6, 6.07) is 2.65. The summed E-state index contributed by atoms with van der Waals surface area (Å²) in [5.41, 5.74) is 0. The predicted molar refractivity (Wildman–Crippen MR) is 71.3 cm³/mol. The van der Waals surface area contributed by atoms with E-state index >= 15 is 0 Å². The molecule has 0 aliphatic rings. The number of carboxylic acid groups (broad SMARTS) is 1. The monoisotopic (exact) mass is 338 g/mol. The van der Waals surface area contributed by atoms with E-state index in [0.29, 0.717) is 0 Å². The fourth-order valence-corrected chi connectivity index (χ4v) is 3.34. The van der Waals surface area contributed by atoms with E-state index in [1.807, 2.05) is 4.72 Å². The highest BCUT2D eigenvalue weighted by Gasteiger charge is 2.25. The van der Waals surface area contributed by atoms with Crippen molar-refractivity contribution in [2.75, 3.05) is 6.61 Å². The first kappa shape index (κ1) is 17.5. The Balaban J connectivity index is 3.16. The second-order valence-electron chi connectivity index (χ2n) is 4.04. The maximum absolute atomic E-state index is 12.0. The van der Waals surface area contributed by atoms with Crippen LogP contribution >= 0.6 is 0 Å². The molecule has 0 saturated carbocycles. The zero-order valence-corrected chi connectivity index (χ0v) is 12.3. The van der Waals surface area contributed by atoms with Crippen LogP contribution in [0.4, 0.5) is 0 Å². The Morgan fingerprint density at radius 3 is 2.29 bits per heavy atom. The smallest absolute Gasteiger partial charge is 0.321 e. The predicted octanol–water partition coefficient (Wildman–Crippen LogP) is -1.55.